The fraction of sp³-hybridized carbons (Fsp3) is 1.00. The first kappa shape index (κ1) is 16.9. The Balaban J connectivity index is 2.40. The van der Waals surface area contributed by atoms with E-state index in [9.17, 15) is 8.42 Å². The van der Waals surface area contributed by atoms with Crippen LogP contribution in [0.1, 0.15) is 33.1 Å². The molecular weight excluding hydrogens is 262 g/mol. The first-order valence-electron chi connectivity index (χ1n) is 7.40. The van der Waals surface area contributed by atoms with E-state index in [0.717, 1.165) is 45.6 Å². The van der Waals surface area contributed by atoms with Crippen LogP contribution in [0.15, 0.2) is 0 Å². The van der Waals surface area contributed by atoms with Gasteiger partial charge in [0.05, 0.1) is 5.75 Å². The SMILES string of the molecule is CCNCCCS(=O)(=O)N(C)C1CCN(CC)CC1. The molecule has 1 aliphatic rings. The molecule has 0 bridgehead atoms. The van der Waals surface area contributed by atoms with Crippen LogP contribution in [0.2, 0.25) is 0 Å². The first-order valence-corrected chi connectivity index (χ1v) is 9.01. The zero-order valence-corrected chi connectivity index (χ0v) is 13.4. The highest BCUT2D eigenvalue weighted by atomic mass is 32.2. The second-order valence-electron chi connectivity index (χ2n) is 5.20. The molecule has 0 saturated carbocycles. The summed E-state index contributed by atoms with van der Waals surface area (Å²) in [6, 6.07) is 0.187. The molecule has 5 nitrogen and oxygen atoms in total. The molecule has 19 heavy (non-hydrogen) atoms. The maximum Gasteiger partial charge on any atom is 0.214 e. The van der Waals surface area contributed by atoms with E-state index in [4.69, 9.17) is 0 Å². The van der Waals surface area contributed by atoms with Gasteiger partial charge < -0.3 is 10.2 Å². The van der Waals surface area contributed by atoms with Crippen LogP contribution in [0, 0.1) is 0 Å². The number of sulfonamides is 1. The van der Waals surface area contributed by atoms with Crippen molar-refractivity contribution in [1.29, 1.82) is 0 Å². The molecule has 0 radical (unpaired) electrons. The standard InChI is InChI=1S/C13H29N3O2S/c1-4-14-9-6-12-19(17,18)15(3)13-7-10-16(5-2)11-8-13/h13-14H,4-12H2,1-3H3. The van der Waals surface area contributed by atoms with Crippen LogP contribution in [0.4, 0.5) is 0 Å². The van der Waals surface area contributed by atoms with E-state index < -0.39 is 10.0 Å². The number of hydrogen-bond acceptors (Lipinski definition) is 4. The molecule has 0 atom stereocenters. The van der Waals surface area contributed by atoms with Gasteiger partial charge >= 0.3 is 0 Å². The highest BCUT2D eigenvalue weighted by Crippen LogP contribution is 2.18. The van der Waals surface area contributed by atoms with Gasteiger partial charge in [0.2, 0.25) is 10.0 Å². The molecule has 1 heterocycles. The molecular formula is C13H29N3O2S. The van der Waals surface area contributed by atoms with E-state index in [2.05, 4.69) is 17.1 Å². The average molecular weight is 291 g/mol. The van der Waals surface area contributed by atoms with E-state index in [1.54, 1.807) is 11.4 Å². The number of likely N-dealkylation sites (tertiary alicyclic amines) is 1. The molecule has 1 fully saturated rings. The molecule has 0 spiro atoms. The minimum atomic E-state index is -3.09. The monoisotopic (exact) mass is 291 g/mol. The lowest BCUT2D eigenvalue weighted by Crippen LogP contribution is -2.46. The Bertz CT molecular complexity index is 338. The van der Waals surface area contributed by atoms with Gasteiger partial charge in [0, 0.05) is 13.1 Å². The van der Waals surface area contributed by atoms with Crippen LogP contribution < -0.4 is 5.32 Å². The Morgan fingerprint density at radius 3 is 2.42 bits per heavy atom. The van der Waals surface area contributed by atoms with Gasteiger partial charge in [0.1, 0.15) is 0 Å². The summed E-state index contributed by atoms with van der Waals surface area (Å²) in [5, 5.41) is 3.16. The Kier molecular flexibility index (Phi) is 7.28. The summed E-state index contributed by atoms with van der Waals surface area (Å²) in [4.78, 5) is 2.38. The average Bonchev–Trinajstić information content (AvgIpc) is 2.43. The number of piperidine rings is 1. The smallest absolute Gasteiger partial charge is 0.214 e. The van der Waals surface area contributed by atoms with Gasteiger partial charge in [-0.3, -0.25) is 0 Å². The van der Waals surface area contributed by atoms with Gasteiger partial charge in [-0.25, -0.2) is 12.7 Å². The summed E-state index contributed by atoms with van der Waals surface area (Å²) < 4.78 is 26.1. The Labute approximate surface area is 118 Å². The van der Waals surface area contributed by atoms with Crippen LogP contribution in [0.25, 0.3) is 0 Å². The topological polar surface area (TPSA) is 52.7 Å². The van der Waals surface area contributed by atoms with Crippen LogP contribution >= 0.6 is 0 Å². The lowest BCUT2D eigenvalue weighted by Gasteiger charge is -2.35. The van der Waals surface area contributed by atoms with Gasteiger partial charge in [-0.1, -0.05) is 13.8 Å². The molecule has 1 rings (SSSR count). The van der Waals surface area contributed by atoms with Crippen molar-refractivity contribution in [3.8, 4) is 0 Å². The third-order valence-electron chi connectivity index (χ3n) is 3.96. The summed E-state index contributed by atoms with van der Waals surface area (Å²) >= 11 is 0. The molecule has 114 valence electrons. The lowest BCUT2D eigenvalue weighted by atomic mass is 10.1. The summed E-state index contributed by atoms with van der Waals surface area (Å²) in [7, 11) is -1.34. The van der Waals surface area contributed by atoms with Crippen molar-refractivity contribution in [2.75, 3.05) is 45.5 Å². The van der Waals surface area contributed by atoms with E-state index in [1.165, 1.54) is 0 Å². The number of hydrogen-bond donors (Lipinski definition) is 1. The molecule has 0 unspecified atom stereocenters. The minimum absolute atomic E-state index is 0.187. The Morgan fingerprint density at radius 1 is 1.26 bits per heavy atom. The van der Waals surface area contributed by atoms with E-state index in [0.29, 0.717) is 6.42 Å². The molecule has 0 aromatic carbocycles. The molecule has 6 heteroatoms. The molecule has 0 amide bonds. The predicted molar refractivity (Wildman–Crippen MR) is 79.8 cm³/mol. The van der Waals surface area contributed by atoms with E-state index in [-0.39, 0.29) is 11.8 Å². The van der Waals surface area contributed by atoms with Crippen molar-refractivity contribution in [3.05, 3.63) is 0 Å². The van der Waals surface area contributed by atoms with Gasteiger partial charge in [-0.05, 0) is 52.0 Å². The van der Waals surface area contributed by atoms with E-state index >= 15 is 0 Å². The van der Waals surface area contributed by atoms with Crippen LogP contribution in [0.5, 0.6) is 0 Å². The van der Waals surface area contributed by atoms with E-state index in [1.807, 2.05) is 6.92 Å². The Hall–Kier alpha value is -0.170. The van der Waals surface area contributed by atoms with Crippen molar-refractivity contribution >= 4 is 10.0 Å². The van der Waals surface area contributed by atoms with Crippen molar-refractivity contribution in [2.24, 2.45) is 0 Å². The molecule has 0 aromatic rings. The molecule has 1 aliphatic heterocycles. The second-order valence-corrected chi connectivity index (χ2v) is 7.35. The Morgan fingerprint density at radius 2 is 1.89 bits per heavy atom. The number of nitrogens with one attached hydrogen (secondary N) is 1. The molecule has 0 aliphatic carbocycles. The van der Waals surface area contributed by atoms with Crippen molar-refractivity contribution in [2.45, 2.75) is 39.2 Å². The third kappa shape index (κ3) is 5.38. The number of nitrogens with zero attached hydrogens (tertiary/aromatic N) is 2. The fourth-order valence-electron chi connectivity index (χ4n) is 2.53. The van der Waals surface area contributed by atoms with Gasteiger partial charge in [-0.15, -0.1) is 0 Å². The van der Waals surface area contributed by atoms with Crippen LogP contribution in [-0.2, 0) is 10.0 Å². The van der Waals surface area contributed by atoms with Crippen LogP contribution in [-0.4, -0.2) is 69.2 Å². The lowest BCUT2D eigenvalue weighted by molar-refractivity contribution is 0.176. The predicted octanol–water partition coefficient (Wildman–Crippen LogP) is 0.732. The maximum absolute atomic E-state index is 12.2. The zero-order chi connectivity index (χ0) is 14.3. The minimum Gasteiger partial charge on any atom is -0.317 e. The highest BCUT2D eigenvalue weighted by molar-refractivity contribution is 7.89. The summed E-state index contributed by atoms with van der Waals surface area (Å²) in [5.41, 5.74) is 0. The summed E-state index contributed by atoms with van der Waals surface area (Å²) in [6.07, 6.45) is 2.60. The molecule has 1 N–H and O–H groups in total. The molecule has 1 saturated heterocycles. The summed E-state index contributed by atoms with van der Waals surface area (Å²) in [6.45, 7) is 8.94. The van der Waals surface area contributed by atoms with Gasteiger partial charge in [0.25, 0.3) is 0 Å². The van der Waals surface area contributed by atoms with Crippen molar-refractivity contribution in [3.63, 3.8) is 0 Å². The summed E-state index contributed by atoms with van der Waals surface area (Å²) in [5.74, 6) is 0.254. The second kappa shape index (κ2) is 8.19. The quantitative estimate of drug-likeness (QED) is 0.670. The first-order chi connectivity index (χ1) is 9.01. The number of rotatable bonds is 8. The van der Waals surface area contributed by atoms with Gasteiger partial charge in [0.15, 0.2) is 0 Å². The van der Waals surface area contributed by atoms with Gasteiger partial charge in [-0.2, -0.15) is 0 Å². The molecule has 0 aromatic heterocycles. The normalized spacial score (nSPS) is 19.2. The largest absolute Gasteiger partial charge is 0.317 e. The van der Waals surface area contributed by atoms with Crippen molar-refractivity contribution < 1.29 is 8.42 Å². The zero-order valence-electron chi connectivity index (χ0n) is 12.6. The third-order valence-corrected chi connectivity index (χ3v) is 5.94. The highest BCUT2D eigenvalue weighted by Gasteiger charge is 2.28. The van der Waals surface area contributed by atoms with Crippen molar-refractivity contribution in [1.82, 2.24) is 14.5 Å². The maximum atomic E-state index is 12.2. The fourth-order valence-corrected chi connectivity index (χ4v) is 3.99. The van der Waals surface area contributed by atoms with Crippen LogP contribution in [0.3, 0.4) is 0 Å².